The van der Waals surface area contributed by atoms with Crippen LogP contribution in [0.3, 0.4) is 0 Å². The van der Waals surface area contributed by atoms with Crippen LogP contribution in [0.4, 0.5) is 0 Å². The molecule has 0 aliphatic rings. The molecule has 0 aromatic heterocycles. The van der Waals surface area contributed by atoms with Crippen LogP contribution in [0.5, 0.6) is 0 Å². The van der Waals surface area contributed by atoms with Gasteiger partial charge >= 0.3 is 0 Å². The average Bonchev–Trinajstić information content (AvgIpc) is 2.35. The molecule has 0 unspecified atom stereocenters. The Balaban J connectivity index is -0.0000000318. The maximum atomic E-state index is 3.49. The van der Waals surface area contributed by atoms with Gasteiger partial charge in [-0.3, -0.25) is 4.99 Å². The quantitative estimate of drug-likeness (QED) is 0.580. The van der Waals surface area contributed by atoms with Gasteiger partial charge in [-0.05, 0) is 19.9 Å². The first-order chi connectivity index (χ1) is 7.33. The molecule has 2 nitrogen and oxygen atoms in total. The van der Waals surface area contributed by atoms with Gasteiger partial charge in [-0.25, -0.2) is 0 Å². The van der Waals surface area contributed by atoms with Crippen LogP contribution in [-0.4, -0.2) is 20.5 Å². The van der Waals surface area contributed by atoms with Gasteiger partial charge in [0.2, 0.25) is 0 Å². The molecule has 0 amide bonds. The number of nitrogens with zero attached hydrogens (tertiary/aromatic N) is 2. The van der Waals surface area contributed by atoms with Crippen LogP contribution in [0, 0.1) is 0 Å². The second kappa shape index (κ2) is 115. The lowest BCUT2D eigenvalue weighted by molar-refractivity contribution is 1.21. The summed E-state index contributed by atoms with van der Waals surface area (Å²) in [4.78, 5) is 6.74. The predicted octanol–water partition coefficient (Wildman–Crippen LogP) is 5.01. The Kier molecular flexibility index (Phi) is 223. The molecular weight excluding hydrogens is 184 g/mol. The van der Waals surface area contributed by atoms with Crippen molar-refractivity contribution >= 4 is 13.4 Å². The summed E-state index contributed by atoms with van der Waals surface area (Å²) in [5.41, 5.74) is 0. The van der Waals surface area contributed by atoms with E-state index in [2.05, 4.69) is 30.3 Å². The normalized spacial score (nSPS) is 5.87. The zero-order valence-corrected chi connectivity index (χ0v) is 12.2. The van der Waals surface area contributed by atoms with Crippen molar-refractivity contribution in [1.82, 2.24) is 0 Å². The minimum absolute atomic E-state index is 1.04. The molecule has 0 aliphatic carbocycles. The lowest BCUT2D eigenvalue weighted by Crippen LogP contribution is -1.47. The van der Waals surface area contributed by atoms with Gasteiger partial charge in [0.1, 0.15) is 0 Å². The first-order valence-corrected chi connectivity index (χ1v) is 5.79. The van der Waals surface area contributed by atoms with Gasteiger partial charge in [-0.15, -0.1) is 0 Å². The molecule has 0 aliphatic heterocycles. The van der Waals surface area contributed by atoms with E-state index in [9.17, 15) is 0 Å². The lowest BCUT2D eigenvalue weighted by Gasteiger charge is -1.68. The monoisotopic (exact) mass is 216 g/mol. The summed E-state index contributed by atoms with van der Waals surface area (Å²) in [6.45, 7) is 20.4. The van der Waals surface area contributed by atoms with E-state index in [0.29, 0.717) is 0 Å². The van der Waals surface area contributed by atoms with Crippen LogP contribution >= 0.6 is 0 Å². The molecule has 94 valence electrons. The molecule has 0 rings (SSSR count). The molecule has 0 heterocycles. The van der Waals surface area contributed by atoms with Crippen molar-refractivity contribution in [3.8, 4) is 0 Å². The predicted molar refractivity (Wildman–Crippen MR) is 78.5 cm³/mol. The van der Waals surface area contributed by atoms with Gasteiger partial charge in [0.15, 0.2) is 0 Å². The van der Waals surface area contributed by atoms with Gasteiger partial charge < -0.3 is 4.99 Å². The smallest absolute Gasteiger partial charge is 0.0269 e. The molecule has 0 saturated carbocycles. The Labute approximate surface area is 98.2 Å². The largest absolute Gasteiger partial charge is 0.304 e. The van der Waals surface area contributed by atoms with Crippen molar-refractivity contribution in [2.75, 3.05) is 7.05 Å². The summed E-state index contributed by atoms with van der Waals surface area (Å²) in [5.74, 6) is 0. The van der Waals surface area contributed by atoms with E-state index in [1.165, 1.54) is 0 Å². The number of hydrogen-bond donors (Lipinski definition) is 0. The summed E-state index contributed by atoms with van der Waals surface area (Å²) >= 11 is 0. The second-order valence-corrected chi connectivity index (χ2v) is 1.29. The molecule has 0 fully saturated rings. The summed E-state index contributed by atoms with van der Waals surface area (Å²) in [6, 6.07) is 0. The molecule has 0 aromatic carbocycles. The van der Waals surface area contributed by atoms with Crippen molar-refractivity contribution in [2.24, 2.45) is 9.98 Å². The Bertz CT molecular complexity index is 86.5. The third-order valence-electron chi connectivity index (χ3n) is 0.447. The Hall–Kier alpha value is -0.920. The van der Waals surface area contributed by atoms with Gasteiger partial charge in [0.25, 0.3) is 0 Å². The van der Waals surface area contributed by atoms with Crippen molar-refractivity contribution in [2.45, 2.75) is 54.9 Å². The molecular formula is C13H32N2. The highest BCUT2D eigenvalue weighted by atomic mass is 14.6. The van der Waals surface area contributed by atoms with Gasteiger partial charge in [0.05, 0.1) is 0 Å². The van der Waals surface area contributed by atoms with Crippen molar-refractivity contribution in [3.05, 3.63) is 12.3 Å². The van der Waals surface area contributed by atoms with Crippen LogP contribution in [0.2, 0.25) is 0 Å². The first-order valence-electron chi connectivity index (χ1n) is 5.79. The molecule has 0 bridgehead atoms. The molecule has 2 heteroatoms. The highest BCUT2D eigenvalue weighted by molar-refractivity contribution is 5.25. The van der Waals surface area contributed by atoms with Gasteiger partial charge in [-0.2, -0.15) is 0 Å². The summed E-state index contributed by atoms with van der Waals surface area (Å²) in [6.07, 6.45) is 4.69. The maximum absolute atomic E-state index is 3.49. The van der Waals surface area contributed by atoms with Gasteiger partial charge in [-0.1, -0.05) is 54.5 Å². The van der Waals surface area contributed by atoms with Crippen LogP contribution < -0.4 is 0 Å². The number of aliphatic imine (C=N–C) groups is 2. The van der Waals surface area contributed by atoms with Crippen LogP contribution in [-0.2, 0) is 0 Å². The lowest BCUT2D eigenvalue weighted by atomic mass is 10.5. The molecule has 0 radical (unpaired) electrons. The van der Waals surface area contributed by atoms with E-state index in [0.717, 1.165) is 6.42 Å². The minimum atomic E-state index is 1.04. The van der Waals surface area contributed by atoms with E-state index < -0.39 is 0 Å². The fourth-order valence-electron chi connectivity index (χ4n) is 0.180. The summed E-state index contributed by atoms with van der Waals surface area (Å²) in [7, 11) is 1.64. The third-order valence-corrected chi connectivity index (χ3v) is 0.447. The number of hydrogen-bond acceptors (Lipinski definition) is 2. The maximum Gasteiger partial charge on any atom is 0.0269 e. The van der Waals surface area contributed by atoms with E-state index in [1.54, 1.807) is 13.2 Å². The highest BCUT2D eigenvalue weighted by Gasteiger charge is 1.55. The molecule has 0 spiro atoms. The fraction of sp³-hybridized carbons (Fsp3) is 0.692. The van der Waals surface area contributed by atoms with Crippen LogP contribution in [0.25, 0.3) is 0 Å². The standard InChI is InChI=1S/C5H9N.C2H5N.3C2H6/c1-3-4-5-6-2;1-3-2;3*1-2/h4-5H,2-3H2,1H3;1H2,2H3;3*1-2H3/b5-4-;;;;. The average molecular weight is 216 g/mol. The molecule has 0 N–H and O–H groups in total. The van der Waals surface area contributed by atoms with E-state index >= 15 is 0 Å². The summed E-state index contributed by atoms with van der Waals surface area (Å²) < 4.78 is 0. The second-order valence-electron chi connectivity index (χ2n) is 1.29. The van der Waals surface area contributed by atoms with E-state index in [1.807, 2.05) is 47.6 Å². The van der Waals surface area contributed by atoms with Gasteiger partial charge in [0, 0.05) is 13.2 Å². The minimum Gasteiger partial charge on any atom is -0.304 e. The Morgan fingerprint density at radius 2 is 1.20 bits per heavy atom. The van der Waals surface area contributed by atoms with E-state index in [-0.39, 0.29) is 0 Å². The zero-order chi connectivity index (χ0) is 13.5. The Morgan fingerprint density at radius 3 is 1.27 bits per heavy atom. The highest BCUT2D eigenvalue weighted by Crippen LogP contribution is 1.76. The number of rotatable bonds is 2. The fourth-order valence-corrected chi connectivity index (χ4v) is 0.180. The third kappa shape index (κ3) is 371. The molecule has 0 saturated heterocycles. The molecule has 0 atom stereocenters. The zero-order valence-electron chi connectivity index (χ0n) is 12.2. The van der Waals surface area contributed by atoms with Crippen molar-refractivity contribution < 1.29 is 0 Å². The molecule has 15 heavy (non-hydrogen) atoms. The van der Waals surface area contributed by atoms with Crippen molar-refractivity contribution in [3.63, 3.8) is 0 Å². The number of allylic oxidation sites excluding steroid dienone is 1. The van der Waals surface area contributed by atoms with Crippen LogP contribution in [0.15, 0.2) is 22.3 Å². The van der Waals surface area contributed by atoms with Crippen molar-refractivity contribution in [1.29, 1.82) is 0 Å². The first kappa shape index (κ1) is 29.2. The van der Waals surface area contributed by atoms with Crippen LogP contribution in [0.1, 0.15) is 54.9 Å². The topological polar surface area (TPSA) is 24.7 Å². The SMILES string of the molecule is C=N/C=C\CC.C=NC.CC.CC.CC. The molecule has 0 aromatic rings. The summed E-state index contributed by atoms with van der Waals surface area (Å²) in [5, 5.41) is 0. The van der Waals surface area contributed by atoms with E-state index in [4.69, 9.17) is 0 Å². The Morgan fingerprint density at radius 1 is 0.933 bits per heavy atom.